The number of hydrogen-bond acceptors (Lipinski definition) is 3. The Morgan fingerprint density at radius 1 is 1.21 bits per heavy atom. The zero-order valence-corrected chi connectivity index (χ0v) is 14.0. The highest BCUT2D eigenvalue weighted by Gasteiger charge is 2.19. The standard InChI is InChI=1S/C20H24N2O2/c1-2-24-17-9-7-15(8-10-17)13-20(23)22-14-19-18-6-4-3-5-16(18)11-12-21-19/h3-10,19,21H,2,11-14H2,1H3,(H,22,23). The zero-order chi connectivity index (χ0) is 16.8. The number of rotatable bonds is 6. The van der Waals surface area contributed by atoms with Crippen LogP contribution in [-0.4, -0.2) is 25.6 Å². The van der Waals surface area contributed by atoms with Crippen LogP contribution in [0.15, 0.2) is 48.5 Å². The van der Waals surface area contributed by atoms with E-state index in [1.54, 1.807) is 0 Å². The Bertz CT molecular complexity index is 682. The first-order chi connectivity index (χ1) is 11.8. The van der Waals surface area contributed by atoms with Crippen LogP contribution in [0, 0.1) is 0 Å². The average Bonchev–Trinajstić information content (AvgIpc) is 2.62. The minimum Gasteiger partial charge on any atom is -0.494 e. The van der Waals surface area contributed by atoms with Crippen molar-refractivity contribution in [3.8, 4) is 5.75 Å². The van der Waals surface area contributed by atoms with Gasteiger partial charge in [-0.3, -0.25) is 4.79 Å². The maximum Gasteiger partial charge on any atom is 0.224 e. The van der Waals surface area contributed by atoms with Crippen molar-refractivity contribution in [2.24, 2.45) is 0 Å². The molecular weight excluding hydrogens is 300 g/mol. The Hall–Kier alpha value is -2.33. The molecule has 0 saturated carbocycles. The highest BCUT2D eigenvalue weighted by molar-refractivity contribution is 5.78. The molecule has 1 heterocycles. The molecule has 3 rings (SSSR count). The van der Waals surface area contributed by atoms with Gasteiger partial charge in [0.15, 0.2) is 0 Å². The number of benzene rings is 2. The molecule has 0 aliphatic carbocycles. The molecule has 0 fully saturated rings. The Balaban J connectivity index is 1.53. The quantitative estimate of drug-likeness (QED) is 0.859. The summed E-state index contributed by atoms with van der Waals surface area (Å²) in [6.45, 7) is 4.18. The molecule has 1 amide bonds. The predicted molar refractivity (Wildman–Crippen MR) is 95.2 cm³/mol. The highest BCUT2D eigenvalue weighted by atomic mass is 16.5. The molecule has 126 valence electrons. The number of amides is 1. The van der Waals surface area contributed by atoms with Gasteiger partial charge in [0, 0.05) is 12.6 Å². The van der Waals surface area contributed by atoms with E-state index in [0.717, 1.165) is 24.3 Å². The summed E-state index contributed by atoms with van der Waals surface area (Å²) in [4.78, 5) is 12.2. The molecule has 24 heavy (non-hydrogen) atoms. The lowest BCUT2D eigenvalue weighted by molar-refractivity contribution is -0.120. The van der Waals surface area contributed by atoms with Crippen LogP contribution in [0.3, 0.4) is 0 Å². The molecule has 0 aromatic heterocycles. The molecule has 0 radical (unpaired) electrons. The summed E-state index contributed by atoms with van der Waals surface area (Å²) < 4.78 is 5.42. The largest absolute Gasteiger partial charge is 0.494 e. The number of fused-ring (bicyclic) bond motifs is 1. The highest BCUT2D eigenvalue weighted by Crippen LogP contribution is 2.21. The fraction of sp³-hybridized carbons (Fsp3) is 0.350. The summed E-state index contributed by atoms with van der Waals surface area (Å²) >= 11 is 0. The van der Waals surface area contributed by atoms with Gasteiger partial charge in [0.1, 0.15) is 5.75 Å². The summed E-state index contributed by atoms with van der Waals surface area (Å²) in [5, 5.41) is 6.53. The zero-order valence-electron chi connectivity index (χ0n) is 14.0. The first kappa shape index (κ1) is 16.5. The fourth-order valence-corrected chi connectivity index (χ4v) is 3.11. The van der Waals surface area contributed by atoms with Crippen molar-refractivity contribution in [2.45, 2.75) is 25.8 Å². The van der Waals surface area contributed by atoms with Crippen molar-refractivity contribution in [1.82, 2.24) is 10.6 Å². The van der Waals surface area contributed by atoms with Crippen molar-refractivity contribution in [3.05, 3.63) is 65.2 Å². The minimum absolute atomic E-state index is 0.0454. The Morgan fingerprint density at radius 2 is 2.00 bits per heavy atom. The molecule has 0 spiro atoms. The van der Waals surface area contributed by atoms with Gasteiger partial charge >= 0.3 is 0 Å². The normalized spacial score (nSPS) is 16.3. The van der Waals surface area contributed by atoms with Crippen LogP contribution in [0.2, 0.25) is 0 Å². The van der Waals surface area contributed by atoms with Gasteiger partial charge in [0.05, 0.1) is 13.0 Å². The molecule has 2 aromatic rings. The average molecular weight is 324 g/mol. The van der Waals surface area contributed by atoms with Crippen LogP contribution in [-0.2, 0) is 17.6 Å². The van der Waals surface area contributed by atoms with Crippen LogP contribution in [0.25, 0.3) is 0 Å². The lowest BCUT2D eigenvalue weighted by atomic mass is 9.94. The molecule has 1 atom stereocenters. The van der Waals surface area contributed by atoms with Crippen molar-refractivity contribution < 1.29 is 9.53 Å². The van der Waals surface area contributed by atoms with Crippen LogP contribution >= 0.6 is 0 Å². The molecule has 0 bridgehead atoms. The van der Waals surface area contributed by atoms with E-state index in [-0.39, 0.29) is 11.9 Å². The number of nitrogens with one attached hydrogen (secondary N) is 2. The Morgan fingerprint density at radius 3 is 2.79 bits per heavy atom. The summed E-state index contributed by atoms with van der Waals surface area (Å²) in [6, 6.07) is 16.3. The Kier molecular flexibility index (Phi) is 5.49. The van der Waals surface area contributed by atoms with E-state index < -0.39 is 0 Å². The van der Waals surface area contributed by atoms with Gasteiger partial charge in [-0.1, -0.05) is 36.4 Å². The van der Waals surface area contributed by atoms with Crippen LogP contribution < -0.4 is 15.4 Å². The lowest BCUT2D eigenvalue weighted by Crippen LogP contribution is -2.39. The van der Waals surface area contributed by atoms with Crippen molar-refractivity contribution in [2.75, 3.05) is 19.7 Å². The molecule has 2 aromatic carbocycles. The second-order valence-electron chi connectivity index (χ2n) is 6.01. The van der Waals surface area contributed by atoms with Crippen molar-refractivity contribution >= 4 is 5.91 Å². The smallest absolute Gasteiger partial charge is 0.224 e. The van der Waals surface area contributed by atoms with Gasteiger partial charge in [0.2, 0.25) is 5.91 Å². The SMILES string of the molecule is CCOc1ccc(CC(=O)NCC2NCCc3ccccc32)cc1. The maximum absolute atomic E-state index is 12.2. The maximum atomic E-state index is 12.2. The van der Waals surface area contributed by atoms with Gasteiger partial charge in [-0.15, -0.1) is 0 Å². The second-order valence-corrected chi connectivity index (χ2v) is 6.01. The van der Waals surface area contributed by atoms with Gasteiger partial charge < -0.3 is 15.4 Å². The minimum atomic E-state index is 0.0454. The van der Waals surface area contributed by atoms with Gasteiger partial charge in [-0.2, -0.15) is 0 Å². The van der Waals surface area contributed by atoms with E-state index in [1.807, 2.05) is 31.2 Å². The predicted octanol–water partition coefficient (Wildman–Crippen LogP) is 2.63. The third-order valence-corrected chi connectivity index (χ3v) is 4.32. The van der Waals surface area contributed by atoms with E-state index >= 15 is 0 Å². The first-order valence-corrected chi connectivity index (χ1v) is 8.56. The summed E-state index contributed by atoms with van der Waals surface area (Å²) in [6.07, 6.45) is 1.44. The van der Waals surface area contributed by atoms with Crippen LogP contribution in [0.4, 0.5) is 0 Å². The molecule has 1 aliphatic heterocycles. The van der Waals surface area contributed by atoms with Crippen molar-refractivity contribution in [1.29, 1.82) is 0 Å². The molecule has 4 heteroatoms. The number of ether oxygens (including phenoxy) is 1. The fourth-order valence-electron chi connectivity index (χ4n) is 3.11. The second kappa shape index (κ2) is 7.97. The van der Waals surface area contributed by atoms with E-state index in [2.05, 4.69) is 34.9 Å². The van der Waals surface area contributed by atoms with Gasteiger partial charge in [0.25, 0.3) is 0 Å². The van der Waals surface area contributed by atoms with Gasteiger partial charge in [-0.25, -0.2) is 0 Å². The topological polar surface area (TPSA) is 50.4 Å². The Labute approximate surface area is 143 Å². The molecule has 2 N–H and O–H groups in total. The monoisotopic (exact) mass is 324 g/mol. The summed E-state index contributed by atoms with van der Waals surface area (Å²) in [5.41, 5.74) is 3.67. The molecule has 1 aliphatic rings. The third kappa shape index (κ3) is 4.15. The lowest BCUT2D eigenvalue weighted by Gasteiger charge is -2.27. The van der Waals surface area contributed by atoms with Crippen LogP contribution in [0.1, 0.15) is 29.7 Å². The molecule has 4 nitrogen and oxygen atoms in total. The molecule has 0 saturated heterocycles. The summed E-state index contributed by atoms with van der Waals surface area (Å²) in [5.74, 6) is 0.883. The summed E-state index contributed by atoms with van der Waals surface area (Å²) in [7, 11) is 0. The molecule has 1 unspecified atom stereocenters. The number of carbonyl (C=O) groups excluding carboxylic acids is 1. The molecular formula is C20H24N2O2. The van der Waals surface area contributed by atoms with E-state index in [9.17, 15) is 4.79 Å². The first-order valence-electron chi connectivity index (χ1n) is 8.56. The number of hydrogen-bond donors (Lipinski definition) is 2. The van der Waals surface area contributed by atoms with E-state index in [4.69, 9.17) is 4.74 Å². The van der Waals surface area contributed by atoms with Crippen LogP contribution in [0.5, 0.6) is 5.75 Å². The number of carbonyl (C=O) groups is 1. The van der Waals surface area contributed by atoms with E-state index in [1.165, 1.54) is 11.1 Å². The van der Waals surface area contributed by atoms with E-state index in [0.29, 0.717) is 19.6 Å². The van der Waals surface area contributed by atoms with Gasteiger partial charge in [-0.05, 0) is 48.7 Å². The third-order valence-electron chi connectivity index (χ3n) is 4.32. The van der Waals surface area contributed by atoms with Crippen molar-refractivity contribution in [3.63, 3.8) is 0 Å².